The summed E-state index contributed by atoms with van der Waals surface area (Å²) in [6.07, 6.45) is 9.94. The van der Waals surface area contributed by atoms with Gasteiger partial charge in [-0.25, -0.2) is 19.6 Å². The van der Waals surface area contributed by atoms with Gasteiger partial charge in [0.2, 0.25) is 17.7 Å². The van der Waals surface area contributed by atoms with Crippen LogP contribution in [-0.4, -0.2) is 86.1 Å². The predicted molar refractivity (Wildman–Crippen MR) is 215 cm³/mol. The summed E-state index contributed by atoms with van der Waals surface area (Å²) in [5.41, 5.74) is 1.20. The Morgan fingerprint density at radius 1 is 1.05 bits per heavy atom. The molecule has 1 aromatic carbocycles. The number of carboxylic acids is 1. The molecule has 4 amide bonds. The predicted octanol–water partition coefficient (Wildman–Crippen LogP) is 6.52. The maximum atomic E-state index is 14.6. The first-order chi connectivity index (χ1) is 27.4. The summed E-state index contributed by atoms with van der Waals surface area (Å²) in [7, 11) is 0. The zero-order chi connectivity index (χ0) is 40.3. The van der Waals surface area contributed by atoms with Crippen LogP contribution in [0.5, 0.6) is 5.75 Å². The van der Waals surface area contributed by atoms with Crippen LogP contribution in [0.4, 0.5) is 9.93 Å². The number of ether oxygens (including phenoxy) is 2. The number of carbonyl (C=O) groups excluding carboxylic acids is 4. The van der Waals surface area contributed by atoms with E-state index in [-0.39, 0.29) is 43.2 Å². The number of aryl methyl sites for hydroxylation is 1. The number of aliphatic carboxylic acids is 1. The monoisotopic (exact) mass is 800 g/mol. The molecular weight excluding hydrogens is 749 g/mol. The minimum atomic E-state index is -1.46. The van der Waals surface area contributed by atoms with Crippen molar-refractivity contribution in [3.63, 3.8) is 0 Å². The van der Waals surface area contributed by atoms with Gasteiger partial charge in [-0.2, -0.15) is 0 Å². The van der Waals surface area contributed by atoms with E-state index in [0.29, 0.717) is 47.0 Å². The summed E-state index contributed by atoms with van der Waals surface area (Å²) in [6, 6.07) is 5.51. The lowest BCUT2D eigenvalue weighted by Crippen LogP contribution is -2.56. The maximum absolute atomic E-state index is 14.6. The number of allylic oxidation sites excluding steroid dienone is 1. The highest BCUT2D eigenvalue weighted by atomic mass is 32.1. The SMILES string of the molecule is Cc1cccc2c(O[C@@H]3C[C@H]4C(=O)N[C@]5(C(=O)O)C[C@@H]5/C=C\CCCCC[C@H](NC(=O)OC5CCCC5)C(=O)N4C3)cc(-c3csc(NC(=O)CC(C)C)n3)nc12. The van der Waals surface area contributed by atoms with Crippen LogP contribution >= 0.6 is 11.3 Å². The molecule has 2 aromatic heterocycles. The van der Waals surface area contributed by atoms with Crippen molar-refractivity contribution in [2.45, 2.75) is 128 Å². The Hall–Kier alpha value is -5.05. The highest BCUT2D eigenvalue weighted by molar-refractivity contribution is 7.14. The Morgan fingerprint density at radius 2 is 1.84 bits per heavy atom. The van der Waals surface area contributed by atoms with Crippen molar-refractivity contribution in [2.75, 3.05) is 11.9 Å². The number of nitrogens with one attached hydrogen (secondary N) is 3. The molecule has 2 aliphatic heterocycles. The van der Waals surface area contributed by atoms with Gasteiger partial charge in [-0.05, 0) is 75.8 Å². The van der Waals surface area contributed by atoms with Crippen molar-refractivity contribution in [1.82, 2.24) is 25.5 Å². The topological polar surface area (TPSA) is 189 Å². The number of carboxylic acid groups (broad SMARTS) is 1. The van der Waals surface area contributed by atoms with Crippen LogP contribution in [0, 0.1) is 18.8 Å². The number of para-hydroxylation sites is 1. The molecule has 4 aliphatic rings. The largest absolute Gasteiger partial charge is 0.488 e. The van der Waals surface area contributed by atoms with Crippen LogP contribution in [0.15, 0.2) is 41.8 Å². The standard InChI is InChI=1S/C42H52N6O8S/c1-24(2)18-35(49)46-40-44-32(23-57-40)31-20-34(29-16-11-12-25(3)36(29)43-31)55-28-19-33-37(50)47-42(39(52)53)21-26(42)13-7-5-4-6-8-17-30(38(51)48(33)22-28)45-41(54)56-27-14-9-10-15-27/h7,11-13,16,20,23-24,26-28,30,33H,4-6,8-10,14-15,17-19,21-22H2,1-3H3,(H,45,54)(H,47,50)(H,52,53)(H,44,46,49)/b13-7-/t26-,28+,30-,33-,42+/m0/s1. The first-order valence-electron chi connectivity index (χ1n) is 20.2. The van der Waals surface area contributed by atoms with E-state index in [1.807, 2.05) is 56.5 Å². The van der Waals surface area contributed by atoms with Crippen LogP contribution in [0.25, 0.3) is 22.3 Å². The van der Waals surface area contributed by atoms with Crippen molar-refractivity contribution < 1.29 is 38.6 Å². The Bertz CT molecular complexity index is 2040. The van der Waals surface area contributed by atoms with E-state index in [9.17, 15) is 29.1 Å². The third-order valence-corrected chi connectivity index (χ3v) is 12.2. The fourth-order valence-corrected chi connectivity index (χ4v) is 8.96. The fourth-order valence-electron chi connectivity index (χ4n) is 8.24. The number of hydrogen-bond donors (Lipinski definition) is 4. The second-order valence-corrected chi connectivity index (χ2v) is 17.2. The minimum Gasteiger partial charge on any atom is -0.488 e. The number of amides is 4. The molecule has 2 saturated carbocycles. The van der Waals surface area contributed by atoms with Gasteiger partial charge in [0, 0.05) is 35.6 Å². The average molecular weight is 801 g/mol. The van der Waals surface area contributed by atoms with Crippen molar-refractivity contribution in [1.29, 1.82) is 0 Å². The number of nitrogens with zero attached hydrogens (tertiary/aromatic N) is 3. The number of thiazole rings is 1. The Morgan fingerprint density at radius 3 is 2.61 bits per heavy atom. The molecular formula is C42H52N6O8S. The molecule has 3 aromatic rings. The lowest BCUT2D eigenvalue weighted by Gasteiger charge is -2.29. The molecule has 304 valence electrons. The number of hydrogen-bond acceptors (Lipinski definition) is 10. The van der Waals surface area contributed by atoms with E-state index < -0.39 is 47.6 Å². The van der Waals surface area contributed by atoms with Crippen LogP contribution < -0.4 is 20.7 Å². The zero-order valence-electron chi connectivity index (χ0n) is 32.8. The van der Waals surface area contributed by atoms with Gasteiger partial charge in [0.25, 0.3) is 0 Å². The van der Waals surface area contributed by atoms with E-state index in [4.69, 9.17) is 14.5 Å². The van der Waals surface area contributed by atoms with Crippen molar-refractivity contribution >= 4 is 57.2 Å². The number of fused-ring (bicyclic) bond motifs is 3. The Labute approximate surface area is 336 Å². The smallest absolute Gasteiger partial charge is 0.408 e. The van der Waals surface area contributed by atoms with E-state index in [1.54, 1.807) is 6.07 Å². The van der Waals surface area contributed by atoms with E-state index in [1.165, 1.54) is 16.2 Å². The van der Waals surface area contributed by atoms with Crippen LogP contribution in [0.2, 0.25) is 0 Å². The van der Waals surface area contributed by atoms with Gasteiger partial charge in [0.15, 0.2) is 5.13 Å². The van der Waals surface area contributed by atoms with Crippen LogP contribution in [-0.2, 0) is 23.9 Å². The molecule has 0 bridgehead atoms. The van der Waals surface area contributed by atoms with Crippen molar-refractivity contribution in [3.05, 3.63) is 47.4 Å². The number of aromatic nitrogens is 2. The molecule has 5 atom stereocenters. The molecule has 0 spiro atoms. The summed E-state index contributed by atoms with van der Waals surface area (Å²) >= 11 is 1.30. The van der Waals surface area contributed by atoms with Crippen molar-refractivity contribution in [3.8, 4) is 17.1 Å². The van der Waals surface area contributed by atoms with Crippen molar-refractivity contribution in [2.24, 2.45) is 11.8 Å². The van der Waals surface area contributed by atoms with E-state index >= 15 is 0 Å². The number of pyridine rings is 1. The summed E-state index contributed by atoms with van der Waals surface area (Å²) in [4.78, 5) is 78.0. The second kappa shape index (κ2) is 17.2. The zero-order valence-corrected chi connectivity index (χ0v) is 33.6. The van der Waals surface area contributed by atoms with Gasteiger partial charge >= 0.3 is 12.1 Å². The second-order valence-electron chi connectivity index (χ2n) is 16.3. The summed E-state index contributed by atoms with van der Waals surface area (Å²) in [5, 5.41) is 21.8. The van der Waals surface area contributed by atoms with Crippen LogP contribution in [0.3, 0.4) is 0 Å². The molecule has 1 saturated heterocycles. The number of rotatable bonds is 9. The molecule has 4 heterocycles. The molecule has 0 unspecified atom stereocenters. The van der Waals surface area contributed by atoms with E-state index in [2.05, 4.69) is 20.9 Å². The summed E-state index contributed by atoms with van der Waals surface area (Å²) < 4.78 is 12.4. The molecule has 2 aliphatic carbocycles. The van der Waals surface area contributed by atoms with Gasteiger partial charge in [0.1, 0.15) is 41.3 Å². The Balaban J connectivity index is 1.18. The summed E-state index contributed by atoms with van der Waals surface area (Å²) in [5.74, 6) is -1.96. The maximum Gasteiger partial charge on any atom is 0.408 e. The first-order valence-corrected chi connectivity index (χ1v) is 21.1. The fraction of sp³-hybridized carbons (Fsp3) is 0.548. The number of anilines is 1. The highest BCUT2D eigenvalue weighted by Crippen LogP contribution is 2.45. The quantitative estimate of drug-likeness (QED) is 0.174. The van der Waals surface area contributed by atoms with Gasteiger partial charge in [-0.3, -0.25) is 14.4 Å². The third-order valence-electron chi connectivity index (χ3n) is 11.4. The lowest BCUT2D eigenvalue weighted by molar-refractivity contribution is -0.145. The Kier molecular flexibility index (Phi) is 12.1. The molecule has 14 nitrogen and oxygen atoms in total. The molecule has 4 N–H and O–H groups in total. The minimum absolute atomic E-state index is 0.0177. The number of carbonyl (C=O) groups is 5. The first kappa shape index (κ1) is 40.2. The lowest BCUT2D eigenvalue weighted by atomic mass is 10.0. The third kappa shape index (κ3) is 9.24. The van der Waals surface area contributed by atoms with Gasteiger partial charge in [-0.15, -0.1) is 11.3 Å². The molecule has 7 rings (SSSR count). The molecule has 0 radical (unpaired) electrons. The van der Waals surface area contributed by atoms with Gasteiger partial charge in [-0.1, -0.05) is 51.0 Å². The highest BCUT2D eigenvalue weighted by Gasteiger charge is 2.61. The average Bonchev–Trinajstić information content (AvgIpc) is 3.59. The number of benzene rings is 1. The normalized spacial score (nSPS) is 26.1. The molecule has 15 heteroatoms. The molecule has 3 fully saturated rings. The number of alkyl carbamates (subject to hydrolysis) is 1. The molecule has 57 heavy (non-hydrogen) atoms. The summed E-state index contributed by atoms with van der Waals surface area (Å²) in [6.45, 7) is 5.91. The van der Waals surface area contributed by atoms with Gasteiger partial charge in [0.05, 0.1) is 17.8 Å². The van der Waals surface area contributed by atoms with Crippen LogP contribution in [0.1, 0.15) is 96.5 Å². The van der Waals surface area contributed by atoms with Gasteiger partial charge < -0.3 is 35.4 Å². The van der Waals surface area contributed by atoms with E-state index in [0.717, 1.165) is 55.9 Å².